The largest absolute Gasteiger partial charge is 0.375 e. The Balaban J connectivity index is 1.75. The first-order valence-corrected chi connectivity index (χ1v) is 6.59. The van der Waals surface area contributed by atoms with E-state index in [4.69, 9.17) is 4.74 Å². The highest BCUT2D eigenvalue weighted by atomic mass is 16.5. The fraction of sp³-hybridized carbons (Fsp3) is 0.833. The smallest absolute Gasteiger partial charge is 0.241 e. The maximum atomic E-state index is 11.9. The molecule has 2 aliphatic rings. The Morgan fingerprint density at radius 2 is 2.11 bits per heavy atom. The number of carbonyl (C=O) groups is 2. The van der Waals surface area contributed by atoms with Crippen molar-refractivity contribution in [3.63, 3.8) is 0 Å². The summed E-state index contributed by atoms with van der Waals surface area (Å²) in [4.78, 5) is 25.5. The topological polar surface area (TPSA) is 70.7 Å². The summed E-state index contributed by atoms with van der Waals surface area (Å²) in [6, 6.07) is -0.356. The SMILES string of the molecule is C[C@H]1OCCN[C@@H]1C(=O)NCC(=O)N1CCCC1. The highest BCUT2D eigenvalue weighted by Crippen LogP contribution is 2.07. The standard InChI is InChI=1S/C12H21N3O3/c1-9-11(13-4-7-18-9)12(17)14-8-10(16)15-5-2-3-6-15/h9,11,13H,2-8H2,1H3,(H,14,17)/t9-,11+/m1/s1. The molecule has 2 N–H and O–H groups in total. The number of carbonyl (C=O) groups excluding carboxylic acids is 2. The molecule has 2 rings (SSSR count). The minimum atomic E-state index is -0.356. The van der Waals surface area contributed by atoms with Crippen LogP contribution in [0.4, 0.5) is 0 Å². The minimum Gasteiger partial charge on any atom is -0.375 e. The summed E-state index contributed by atoms with van der Waals surface area (Å²) in [5.74, 6) is -0.153. The molecular weight excluding hydrogens is 234 g/mol. The number of hydrogen-bond donors (Lipinski definition) is 2. The molecule has 0 unspecified atom stereocenters. The summed E-state index contributed by atoms with van der Waals surface area (Å²) < 4.78 is 5.40. The molecule has 0 spiro atoms. The van der Waals surface area contributed by atoms with Gasteiger partial charge >= 0.3 is 0 Å². The molecule has 102 valence electrons. The van der Waals surface area contributed by atoms with Gasteiger partial charge in [-0.05, 0) is 19.8 Å². The van der Waals surface area contributed by atoms with E-state index in [1.54, 1.807) is 4.90 Å². The van der Waals surface area contributed by atoms with Crippen molar-refractivity contribution in [3.8, 4) is 0 Å². The van der Waals surface area contributed by atoms with Crippen LogP contribution in [0.3, 0.4) is 0 Å². The minimum absolute atomic E-state index is 0.00484. The number of nitrogens with one attached hydrogen (secondary N) is 2. The molecular formula is C12H21N3O3. The molecule has 0 aromatic rings. The van der Waals surface area contributed by atoms with E-state index in [-0.39, 0.29) is 30.5 Å². The monoisotopic (exact) mass is 255 g/mol. The van der Waals surface area contributed by atoms with E-state index in [1.165, 1.54) is 0 Å². The van der Waals surface area contributed by atoms with Gasteiger partial charge in [0.1, 0.15) is 6.04 Å². The van der Waals surface area contributed by atoms with Crippen molar-refractivity contribution in [3.05, 3.63) is 0 Å². The van der Waals surface area contributed by atoms with E-state index in [0.717, 1.165) is 25.9 Å². The Labute approximate surface area is 107 Å². The van der Waals surface area contributed by atoms with E-state index in [2.05, 4.69) is 10.6 Å². The summed E-state index contributed by atoms with van der Waals surface area (Å²) in [7, 11) is 0. The van der Waals surface area contributed by atoms with Crippen molar-refractivity contribution in [2.24, 2.45) is 0 Å². The van der Waals surface area contributed by atoms with E-state index in [9.17, 15) is 9.59 Å². The number of nitrogens with zero attached hydrogens (tertiary/aromatic N) is 1. The predicted octanol–water partition coefficient (Wildman–Crippen LogP) is -0.898. The van der Waals surface area contributed by atoms with Crippen LogP contribution in [0, 0.1) is 0 Å². The number of amides is 2. The second-order valence-electron chi connectivity index (χ2n) is 4.81. The van der Waals surface area contributed by atoms with E-state index in [0.29, 0.717) is 13.2 Å². The van der Waals surface area contributed by atoms with Crippen molar-refractivity contribution >= 4 is 11.8 Å². The van der Waals surface area contributed by atoms with E-state index < -0.39 is 0 Å². The first kappa shape index (κ1) is 13.3. The number of rotatable bonds is 3. The zero-order chi connectivity index (χ0) is 13.0. The lowest BCUT2D eigenvalue weighted by Gasteiger charge is -2.29. The normalized spacial score (nSPS) is 28.2. The second kappa shape index (κ2) is 6.15. The lowest BCUT2D eigenvalue weighted by Crippen LogP contribution is -2.56. The van der Waals surface area contributed by atoms with Crippen LogP contribution < -0.4 is 10.6 Å². The van der Waals surface area contributed by atoms with Gasteiger partial charge in [0.2, 0.25) is 11.8 Å². The van der Waals surface area contributed by atoms with Gasteiger partial charge in [-0.25, -0.2) is 0 Å². The molecule has 0 aromatic heterocycles. The highest BCUT2D eigenvalue weighted by molar-refractivity contribution is 5.88. The van der Waals surface area contributed by atoms with Gasteiger partial charge in [-0.2, -0.15) is 0 Å². The third kappa shape index (κ3) is 3.20. The van der Waals surface area contributed by atoms with Crippen molar-refractivity contribution in [2.75, 3.05) is 32.8 Å². The average molecular weight is 255 g/mol. The fourth-order valence-electron chi connectivity index (χ4n) is 2.38. The molecule has 2 heterocycles. The van der Waals surface area contributed by atoms with Gasteiger partial charge in [-0.15, -0.1) is 0 Å². The first-order chi connectivity index (χ1) is 8.68. The fourth-order valence-corrected chi connectivity index (χ4v) is 2.38. The summed E-state index contributed by atoms with van der Waals surface area (Å²) in [5, 5.41) is 5.79. The average Bonchev–Trinajstić information content (AvgIpc) is 2.90. The molecule has 2 fully saturated rings. The number of hydrogen-bond acceptors (Lipinski definition) is 4. The molecule has 0 aromatic carbocycles. The third-order valence-electron chi connectivity index (χ3n) is 3.47. The van der Waals surface area contributed by atoms with Crippen LogP contribution in [0.15, 0.2) is 0 Å². The maximum Gasteiger partial charge on any atom is 0.241 e. The highest BCUT2D eigenvalue weighted by Gasteiger charge is 2.28. The zero-order valence-corrected chi connectivity index (χ0v) is 10.8. The van der Waals surface area contributed by atoms with Gasteiger partial charge in [-0.3, -0.25) is 9.59 Å². The molecule has 0 radical (unpaired) electrons. The van der Waals surface area contributed by atoms with E-state index >= 15 is 0 Å². The molecule has 0 saturated carbocycles. The lowest BCUT2D eigenvalue weighted by atomic mass is 10.1. The van der Waals surface area contributed by atoms with Crippen LogP contribution in [0.1, 0.15) is 19.8 Å². The summed E-state index contributed by atoms with van der Waals surface area (Å²) >= 11 is 0. The van der Waals surface area contributed by atoms with Crippen molar-refractivity contribution in [2.45, 2.75) is 31.9 Å². The molecule has 0 aliphatic carbocycles. The van der Waals surface area contributed by atoms with Gasteiger partial charge in [0.05, 0.1) is 19.3 Å². The Bertz CT molecular complexity index is 316. The van der Waals surface area contributed by atoms with E-state index in [1.807, 2.05) is 6.92 Å². The Morgan fingerprint density at radius 3 is 2.78 bits per heavy atom. The summed E-state index contributed by atoms with van der Waals surface area (Å²) in [5.41, 5.74) is 0. The number of ether oxygens (including phenoxy) is 1. The zero-order valence-electron chi connectivity index (χ0n) is 10.8. The van der Waals surface area contributed by atoms with Crippen molar-refractivity contribution in [1.82, 2.24) is 15.5 Å². The molecule has 6 nitrogen and oxygen atoms in total. The molecule has 2 aliphatic heterocycles. The van der Waals surface area contributed by atoms with Gasteiger partial charge in [-0.1, -0.05) is 0 Å². The van der Waals surface area contributed by atoms with Gasteiger partial charge in [0, 0.05) is 19.6 Å². The van der Waals surface area contributed by atoms with Crippen LogP contribution in [-0.2, 0) is 14.3 Å². The molecule has 0 bridgehead atoms. The Morgan fingerprint density at radius 1 is 1.39 bits per heavy atom. The van der Waals surface area contributed by atoms with Crippen LogP contribution >= 0.6 is 0 Å². The van der Waals surface area contributed by atoms with Crippen molar-refractivity contribution < 1.29 is 14.3 Å². The molecule has 18 heavy (non-hydrogen) atoms. The summed E-state index contributed by atoms with van der Waals surface area (Å²) in [6.07, 6.45) is 1.98. The van der Waals surface area contributed by atoms with Gasteiger partial charge < -0.3 is 20.3 Å². The lowest BCUT2D eigenvalue weighted by molar-refractivity contribution is -0.134. The van der Waals surface area contributed by atoms with Crippen LogP contribution in [0.2, 0.25) is 0 Å². The summed E-state index contributed by atoms with van der Waals surface area (Å²) in [6.45, 7) is 4.87. The van der Waals surface area contributed by atoms with Crippen molar-refractivity contribution in [1.29, 1.82) is 0 Å². The molecule has 2 atom stereocenters. The quantitative estimate of drug-likeness (QED) is 0.686. The van der Waals surface area contributed by atoms with Crippen LogP contribution in [0.25, 0.3) is 0 Å². The van der Waals surface area contributed by atoms with Gasteiger partial charge in [0.15, 0.2) is 0 Å². The maximum absolute atomic E-state index is 11.9. The van der Waals surface area contributed by atoms with Crippen LogP contribution in [-0.4, -0.2) is 61.6 Å². The Hall–Kier alpha value is -1.14. The molecule has 2 amide bonds. The Kier molecular flexibility index (Phi) is 4.54. The van der Waals surface area contributed by atoms with Gasteiger partial charge in [0.25, 0.3) is 0 Å². The third-order valence-corrected chi connectivity index (χ3v) is 3.47. The van der Waals surface area contributed by atoms with Crippen LogP contribution in [0.5, 0.6) is 0 Å². The first-order valence-electron chi connectivity index (χ1n) is 6.59. The predicted molar refractivity (Wildman–Crippen MR) is 66.0 cm³/mol. The second-order valence-corrected chi connectivity index (χ2v) is 4.81. The molecule has 6 heteroatoms. The molecule has 2 saturated heterocycles. The number of likely N-dealkylation sites (tertiary alicyclic amines) is 1. The number of morpholine rings is 1.